The number of aryl methyl sites for hydroxylation is 2. The molecule has 7 nitrogen and oxygen atoms in total. The van der Waals surface area contributed by atoms with Gasteiger partial charge in [0, 0.05) is 25.3 Å². The summed E-state index contributed by atoms with van der Waals surface area (Å²) in [6.07, 6.45) is 3.10. The number of fused-ring (bicyclic) bond motifs is 1. The predicted molar refractivity (Wildman–Crippen MR) is 154 cm³/mol. The Bertz CT molecular complexity index is 1560. The van der Waals surface area contributed by atoms with Crippen LogP contribution in [0.15, 0.2) is 88.3 Å². The van der Waals surface area contributed by atoms with E-state index >= 15 is 0 Å². The van der Waals surface area contributed by atoms with Gasteiger partial charge in [0.05, 0.1) is 29.9 Å². The van der Waals surface area contributed by atoms with E-state index in [1.165, 1.54) is 6.26 Å². The van der Waals surface area contributed by atoms with E-state index in [1.54, 1.807) is 28.0 Å². The van der Waals surface area contributed by atoms with E-state index in [2.05, 4.69) is 0 Å². The molecule has 2 amide bonds. The van der Waals surface area contributed by atoms with Gasteiger partial charge in [-0.25, -0.2) is 0 Å². The van der Waals surface area contributed by atoms with E-state index in [-0.39, 0.29) is 43.0 Å². The average Bonchev–Trinajstić information content (AvgIpc) is 3.47. The lowest BCUT2D eigenvalue weighted by Gasteiger charge is -2.29. The van der Waals surface area contributed by atoms with Crippen LogP contribution >= 0.6 is 0 Å². The topological polar surface area (TPSA) is 80.1 Å². The van der Waals surface area contributed by atoms with Crippen LogP contribution < -0.4 is 5.43 Å². The molecule has 0 unspecified atom stereocenters. The molecule has 3 aromatic carbocycles. The maximum atomic E-state index is 13.9. The van der Waals surface area contributed by atoms with Crippen molar-refractivity contribution in [2.75, 3.05) is 19.7 Å². The Balaban J connectivity index is 1.45. The van der Waals surface area contributed by atoms with Gasteiger partial charge in [-0.05, 0) is 56.0 Å². The SMILES string of the molecule is Cc1ccc2occ(CN(Cc3ccccc3)C(=O)CN(C[C@H]3CCCO3)C(=O)c3ccccc3C)c(=O)c2c1. The van der Waals surface area contributed by atoms with Crippen molar-refractivity contribution in [2.45, 2.75) is 45.9 Å². The number of carbonyl (C=O) groups is 2. The second-order valence-corrected chi connectivity index (χ2v) is 10.5. The lowest BCUT2D eigenvalue weighted by molar-refractivity contribution is -0.133. The molecule has 40 heavy (non-hydrogen) atoms. The van der Waals surface area contributed by atoms with Gasteiger partial charge in [0.15, 0.2) is 5.43 Å². The van der Waals surface area contributed by atoms with E-state index in [0.29, 0.717) is 35.2 Å². The van der Waals surface area contributed by atoms with Crippen LogP contribution in [-0.4, -0.2) is 47.4 Å². The van der Waals surface area contributed by atoms with Gasteiger partial charge in [-0.3, -0.25) is 14.4 Å². The van der Waals surface area contributed by atoms with Gasteiger partial charge in [-0.2, -0.15) is 0 Å². The molecule has 1 aliphatic heterocycles. The summed E-state index contributed by atoms with van der Waals surface area (Å²) in [6.45, 7) is 5.02. The second kappa shape index (κ2) is 12.3. The molecular weight excluding hydrogens is 504 g/mol. The zero-order valence-electron chi connectivity index (χ0n) is 23.0. The Labute approximate surface area is 234 Å². The first-order valence-electron chi connectivity index (χ1n) is 13.7. The third-order valence-corrected chi connectivity index (χ3v) is 7.37. The average molecular weight is 539 g/mol. The maximum Gasteiger partial charge on any atom is 0.254 e. The van der Waals surface area contributed by atoms with E-state index in [1.807, 2.05) is 68.4 Å². The molecule has 1 fully saturated rings. The van der Waals surface area contributed by atoms with Crippen molar-refractivity contribution in [2.24, 2.45) is 0 Å². The van der Waals surface area contributed by atoms with Crippen molar-refractivity contribution in [1.82, 2.24) is 9.80 Å². The highest BCUT2D eigenvalue weighted by atomic mass is 16.5. The lowest BCUT2D eigenvalue weighted by Crippen LogP contribution is -2.45. The summed E-state index contributed by atoms with van der Waals surface area (Å²) in [4.78, 5) is 44.2. The van der Waals surface area contributed by atoms with Crippen molar-refractivity contribution in [1.29, 1.82) is 0 Å². The van der Waals surface area contributed by atoms with E-state index in [9.17, 15) is 14.4 Å². The molecule has 7 heteroatoms. The second-order valence-electron chi connectivity index (χ2n) is 10.5. The summed E-state index contributed by atoms with van der Waals surface area (Å²) in [6, 6.07) is 22.5. The molecule has 0 bridgehead atoms. The monoisotopic (exact) mass is 538 g/mol. The minimum atomic E-state index is -0.257. The largest absolute Gasteiger partial charge is 0.464 e. The maximum absolute atomic E-state index is 13.9. The molecule has 1 aromatic heterocycles. The minimum Gasteiger partial charge on any atom is -0.464 e. The highest BCUT2D eigenvalue weighted by Gasteiger charge is 2.28. The first-order valence-corrected chi connectivity index (χ1v) is 13.7. The van der Waals surface area contributed by atoms with Crippen LogP contribution in [0.3, 0.4) is 0 Å². The summed E-state index contributed by atoms with van der Waals surface area (Å²) in [5, 5.41) is 0.486. The third-order valence-electron chi connectivity index (χ3n) is 7.37. The van der Waals surface area contributed by atoms with Crippen LogP contribution in [0.1, 0.15) is 45.5 Å². The highest BCUT2D eigenvalue weighted by Crippen LogP contribution is 2.19. The minimum absolute atomic E-state index is 0.0618. The third kappa shape index (κ3) is 6.32. The van der Waals surface area contributed by atoms with Crippen LogP contribution in [0.4, 0.5) is 0 Å². The number of hydrogen-bond acceptors (Lipinski definition) is 5. The summed E-state index contributed by atoms with van der Waals surface area (Å²) in [7, 11) is 0. The Morgan fingerprint density at radius 2 is 1.70 bits per heavy atom. The fourth-order valence-electron chi connectivity index (χ4n) is 5.14. The Morgan fingerprint density at radius 1 is 0.925 bits per heavy atom. The Kier molecular flexibility index (Phi) is 8.41. The van der Waals surface area contributed by atoms with Gasteiger partial charge < -0.3 is 19.0 Å². The van der Waals surface area contributed by atoms with E-state index in [4.69, 9.17) is 9.15 Å². The normalized spacial score (nSPS) is 14.8. The van der Waals surface area contributed by atoms with Gasteiger partial charge in [-0.1, -0.05) is 60.2 Å². The van der Waals surface area contributed by atoms with E-state index < -0.39 is 0 Å². The predicted octanol–water partition coefficient (Wildman–Crippen LogP) is 5.26. The van der Waals surface area contributed by atoms with Gasteiger partial charge in [0.2, 0.25) is 5.91 Å². The number of amides is 2. The summed E-state index contributed by atoms with van der Waals surface area (Å²) in [5.74, 6) is -0.463. The van der Waals surface area contributed by atoms with Crippen LogP contribution in [0, 0.1) is 13.8 Å². The number of benzene rings is 3. The molecule has 0 N–H and O–H groups in total. The number of hydrogen-bond donors (Lipinski definition) is 0. The van der Waals surface area contributed by atoms with E-state index in [0.717, 1.165) is 29.5 Å². The van der Waals surface area contributed by atoms with Gasteiger partial charge in [-0.15, -0.1) is 0 Å². The molecule has 2 heterocycles. The molecule has 4 aromatic rings. The Hall–Kier alpha value is -4.23. The van der Waals surface area contributed by atoms with Crippen LogP contribution in [0.5, 0.6) is 0 Å². The molecule has 1 saturated heterocycles. The van der Waals surface area contributed by atoms with Crippen LogP contribution in [-0.2, 0) is 22.6 Å². The lowest BCUT2D eigenvalue weighted by atomic mass is 10.1. The van der Waals surface area contributed by atoms with Gasteiger partial charge in [0.25, 0.3) is 5.91 Å². The fourth-order valence-corrected chi connectivity index (χ4v) is 5.14. The van der Waals surface area contributed by atoms with Gasteiger partial charge in [0.1, 0.15) is 12.1 Å². The quantitative estimate of drug-likeness (QED) is 0.290. The highest BCUT2D eigenvalue weighted by molar-refractivity contribution is 5.97. The van der Waals surface area contributed by atoms with Crippen molar-refractivity contribution < 1.29 is 18.7 Å². The molecule has 206 valence electrons. The van der Waals surface area contributed by atoms with Crippen LogP contribution in [0.2, 0.25) is 0 Å². The molecule has 5 rings (SSSR count). The first-order chi connectivity index (χ1) is 19.4. The van der Waals surface area contributed by atoms with Crippen LogP contribution in [0.25, 0.3) is 11.0 Å². The van der Waals surface area contributed by atoms with Gasteiger partial charge >= 0.3 is 0 Å². The fraction of sp³-hybridized carbons (Fsp3) is 0.303. The zero-order valence-corrected chi connectivity index (χ0v) is 23.0. The molecule has 1 atom stereocenters. The van der Waals surface area contributed by atoms with Crippen molar-refractivity contribution in [3.63, 3.8) is 0 Å². The van der Waals surface area contributed by atoms with Crippen molar-refractivity contribution >= 4 is 22.8 Å². The first kappa shape index (κ1) is 27.3. The summed E-state index contributed by atoms with van der Waals surface area (Å²) in [5.41, 5.74) is 4.02. The molecule has 0 saturated carbocycles. The smallest absolute Gasteiger partial charge is 0.254 e. The number of rotatable bonds is 9. The number of carbonyl (C=O) groups excluding carboxylic acids is 2. The summed E-state index contributed by atoms with van der Waals surface area (Å²) >= 11 is 0. The van der Waals surface area contributed by atoms with Crippen molar-refractivity contribution in [3.05, 3.63) is 117 Å². The molecule has 0 radical (unpaired) electrons. The number of nitrogens with zero attached hydrogens (tertiary/aromatic N) is 2. The molecule has 1 aliphatic rings. The summed E-state index contributed by atoms with van der Waals surface area (Å²) < 4.78 is 11.6. The zero-order chi connectivity index (χ0) is 28.1. The molecule has 0 spiro atoms. The molecular formula is C33H34N2O5. The molecule has 0 aliphatic carbocycles. The standard InChI is InChI=1S/C33H34N2O5/c1-23-14-15-30-29(17-23)32(37)26(22-40-30)19-34(18-25-10-4-3-5-11-25)31(36)21-35(20-27-12-8-16-39-27)33(38)28-13-7-6-9-24(28)2/h3-7,9-11,13-15,17,22,27H,8,12,16,18-21H2,1-2H3/t27-/m1/s1. The Morgan fingerprint density at radius 3 is 2.45 bits per heavy atom. The van der Waals surface area contributed by atoms with Crippen molar-refractivity contribution in [3.8, 4) is 0 Å². The number of ether oxygens (including phenoxy) is 1.